The van der Waals surface area contributed by atoms with Crippen LogP contribution in [-0.2, 0) is 4.74 Å². The fourth-order valence-corrected chi connectivity index (χ4v) is 5.31. The summed E-state index contributed by atoms with van der Waals surface area (Å²) in [7, 11) is 0. The van der Waals surface area contributed by atoms with Crippen molar-refractivity contribution in [1.82, 2.24) is 0 Å². The quantitative estimate of drug-likeness (QED) is 0.0974. The number of ether oxygens (including phenoxy) is 1. The molecule has 6 heteroatoms. The predicted octanol–water partition coefficient (Wildman–Crippen LogP) is 9.21. The Morgan fingerprint density at radius 1 is 0.533 bits per heavy atom. The monoisotopic (exact) mass is 590 g/mol. The molecule has 0 aliphatic rings. The summed E-state index contributed by atoms with van der Waals surface area (Å²) in [5.41, 5.74) is 8.57. The van der Waals surface area contributed by atoms with E-state index in [1.807, 2.05) is 84.9 Å². The Labute approximate surface area is 262 Å². The molecule has 0 aromatic heterocycles. The van der Waals surface area contributed by atoms with E-state index in [4.69, 9.17) is 9.84 Å². The van der Waals surface area contributed by atoms with Crippen LogP contribution in [-0.4, -0.2) is 24.2 Å². The van der Waals surface area contributed by atoms with E-state index >= 15 is 0 Å². The molecule has 6 rings (SSSR count). The van der Waals surface area contributed by atoms with E-state index in [2.05, 4.69) is 58.3 Å². The van der Waals surface area contributed by atoms with Crippen LogP contribution in [0.3, 0.4) is 0 Å². The number of carbonyl (C=O) groups is 2. The van der Waals surface area contributed by atoms with Crippen LogP contribution >= 0.6 is 0 Å². The molecule has 1 N–H and O–H groups in total. The van der Waals surface area contributed by atoms with Gasteiger partial charge in [-0.25, -0.2) is 4.79 Å². The first-order valence-electron chi connectivity index (χ1n) is 14.5. The highest BCUT2D eigenvalue weighted by Gasteiger charge is 2.16. The fourth-order valence-electron chi connectivity index (χ4n) is 5.31. The van der Waals surface area contributed by atoms with Crippen LogP contribution in [0.1, 0.15) is 20.7 Å². The number of carbonyl (C=O) groups excluding carboxylic acids is 2. The van der Waals surface area contributed by atoms with Gasteiger partial charge in [-0.05, 0) is 90.0 Å². The van der Waals surface area contributed by atoms with Crippen molar-refractivity contribution in [1.29, 1.82) is 0 Å². The largest absolute Gasteiger partial charge is 0.435 e. The molecule has 0 heterocycles. The summed E-state index contributed by atoms with van der Waals surface area (Å²) in [4.78, 5) is 28.0. The number of aliphatic hydroxyl groups excluding tert-OH is 1. The molecule has 0 unspecified atom stereocenters. The van der Waals surface area contributed by atoms with E-state index in [1.54, 1.807) is 24.3 Å². The number of esters is 1. The number of hydrogen-bond acceptors (Lipinski definition) is 6. The molecule has 0 bridgehead atoms. The van der Waals surface area contributed by atoms with Gasteiger partial charge in [0, 0.05) is 39.7 Å². The summed E-state index contributed by atoms with van der Waals surface area (Å²) < 4.78 is 4.80. The van der Waals surface area contributed by atoms with Crippen molar-refractivity contribution in [3.05, 3.63) is 169 Å². The molecule has 6 nitrogen and oxygen atoms in total. The third kappa shape index (κ3) is 6.51. The third-order valence-electron chi connectivity index (χ3n) is 7.41. The van der Waals surface area contributed by atoms with Gasteiger partial charge in [0.2, 0.25) is 0 Å². The topological polar surface area (TPSA) is 70.1 Å². The van der Waals surface area contributed by atoms with Crippen LogP contribution < -0.4 is 9.80 Å². The van der Waals surface area contributed by atoms with Gasteiger partial charge in [0.25, 0.3) is 0 Å². The van der Waals surface area contributed by atoms with Crippen molar-refractivity contribution in [3.63, 3.8) is 0 Å². The highest BCUT2D eigenvalue weighted by Crippen LogP contribution is 2.38. The van der Waals surface area contributed by atoms with Crippen LogP contribution in [0.2, 0.25) is 0 Å². The normalized spacial score (nSPS) is 10.6. The Hall–Kier alpha value is -5.98. The minimum absolute atomic E-state index is 0.349. The minimum Gasteiger partial charge on any atom is -0.435 e. The molecule has 220 valence electrons. The molecule has 0 aliphatic heterocycles. The third-order valence-corrected chi connectivity index (χ3v) is 7.41. The second kappa shape index (κ2) is 13.5. The Morgan fingerprint density at radius 3 is 1.47 bits per heavy atom. The first-order chi connectivity index (χ1) is 22.1. The van der Waals surface area contributed by atoms with Crippen LogP contribution in [0, 0.1) is 0 Å². The highest BCUT2D eigenvalue weighted by atomic mass is 16.6. The van der Waals surface area contributed by atoms with Gasteiger partial charge in [0.15, 0.2) is 6.79 Å². The van der Waals surface area contributed by atoms with Gasteiger partial charge in [-0.2, -0.15) is 0 Å². The van der Waals surface area contributed by atoms with Gasteiger partial charge in [0.05, 0.1) is 5.56 Å². The Morgan fingerprint density at radius 2 is 0.978 bits per heavy atom. The van der Waals surface area contributed by atoms with Gasteiger partial charge in [-0.1, -0.05) is 78.9 Å². The van der Waals surface area contributed by atoms with Gasteiger partial charge in [0.1, 0.15) is 6.29 Å². The fraction of sp³-hybridized carbons (Fsp3) is 0.0256. The first-order valence-corrected chi connectivity index (χ1v) is 14.5. The van der Waals surface area contributed by atoms with Crippen molar-refractivity contribution in [2.45, 2.75) is 0 Å². The lowest BCUT2D eigenvalue weighted by Gasteiger charge is -2.26. The Kier molecular flexibility index (Phi) is 8.76. The molecule has 6 aromatic carbocycles. The number of aliphatic hydroxyl groups is 1. The summed E-state index contributed by atoms with van der Waals surface area (Å²) in [6, 6.07) is 51.3. The average molecular weight is 591 g/mol. The minimum atomic E-state index is -0.675. The summed E-state index contributed by atoms with van der Waals surface area (Å²) >= 11 is 0. The van der Waals surface area contributed by atoms with E-state index in [1.165, 1.54) is 0 Å². The summed E-state index contributed by atoms with van der Waals surface area (Å²) in [5.74, 6) is -0.589. The maximum Gasteiger partial charge on any atom is 0.340 e. The number of hydrogen-bond donors (Lipinski definition) is 1. The molecular weight excluding hydrogens is 560 g/mol. The predicted molar refractivity (Wildman–Crippen MR) is 179 cm³/mol. The molecule has 0 radical (unpaired) electrons. The van der Waals surface area contributed by atoms with Gasteiger partial charge < -0.3 is 19.6 Å². The number of anilines is 6. The molecule has 6 aromatic rings. The zero-order valence-electron chi connectivity index (χ0n) is 24.4. The maximum atomic E-state index is 12.3. The number of benzene rings is 6. The lowest BCUT2D eigenvalue weighted by molar-refractivity contribution is 0.00683. The van der Waals surface area contributed by atoms with Crippen molar-refractivity contribution in [3.8, 4) is 11.1 Å². The van der Waals surface area contributed by atoms with Crippen molar-refractivity contribution in [2.24, 2.45) is 0 Å². The van der Waals surface area contributed by atoms with E-state index in [9.17, 15) is 9.59 Å². The van der Waals surface area contributed by atoms with Crippen LogP contribution in [0.15, 0.2) is 158 Å². The van der Waals surface area contributed by atoms with Crippen LogP contribution in [0.5, 0.6) is 0 Å². The number of para-hydroxylation sites is 2. The van der Waals surface area contributed by atoms with Gasteiger partial charge >= 0.3 is 5.97 Å². The lowest BCUT2D eigenvalue weighted by Crippen LogP contribution is -2.12. The molecule has 0 amide bonds. The van der Waals surface area contributed by atoms with Crippen molar-refractivity contribution in [2.75, 3.05) is 16.6 Å². The number of nitrogens with zero attached hydrogens (tertiary/aromatic N) is 2. The van der Waals surface area contributed by atoms with Crippen LogP contribution in [0.25, 0.3) is 11.1 Å². The van der Waals surface area contributed by atoms with E-state index in [-0.39, 0.29) is 0 Å². The van der Waals surface area contributed by atoms with Crippen molar-refractivity contribution >= 4 is 46.4 Å². The second-order valence-corrected chi connectivity index (χ2v) is 10.3. The Bertz CT molecular complexity index is 1890. The standard InChI is InChI=1S/C39H30N2O4/c42-27-29-9-7-15-37(25-29)40(33-11-3-1-4-12-33)35-21-17-30(18-22-35)31-19-23-36(24-20-31)41(34-13-5-2-6-14-34)38-16-8-10-32(26-38)39(44)45-28-43/h1-27,43H,28H2. The molecule has 0 fully saturated rings. The average Bonchev–Trinajstić information content (AvgIpc) is 3.10. The molecule has 0 saturated heterocycles. The smallest absolute Gasteiger partial charge is 0.340 e. The van der Waals surface area contributed by atoms with E-state index in [0.29, 0.717) is 11.1 Å². The molecule has 0 saturated carbocycles. The zero-order valence-corrected chi connectivity index (χ0v) is 24.4. The molecule has 45 heavy (non-hydrogen) atoms. The molecule has 0 spiro atoms. The molecule has 0 aliphatic carbocycles. The summed E-state index contributed by atoms with van der Waals surface area (Å²) in [5, 5.41) is 9.05. The van der Waals surface area contributed by atoms with Crippen molar-refractivity contribution < 1.29 is 19.4 Å². The number of aldehydes is 1. The molecule has 0 atom stereocenters. The summed E-state index contributed by atoms with van der Waals surface area (Å²) in [6.45, 7) is -0.675. The molecular formula is C39H30N2O4. The van der Waals surface area contributed by atoms with E-state index in [0.717, 1.165) is 51.5 Å². The Balaban J connectivity index is 1.32. The van der Waals surface area contributed by atoms with Gasteiger partial charge in [-0.3, -0.25) is 4.79 Å². The maximum absolute atomic E-state index is 12.3. The second-order valence-electron chi connectivity index (χ2n) is 10.3. The van der Waals surface area contributed by atoms with Crippen LogP contribution in [0.4, 0.5) is 34.1 Å². The van der Waals surface area contributed by atoms with Gasteiger partial charge in [-0.15, -0.1) is 0 Å². The lowest BCUT2D eigenvalue weighted by atomic mass is 10.0. The number of rotatable bonds is 10. The SMILES string of the molecule is O=Cc1cccc(N(c2ccccc2)c2ccc(-c3ccc(N(c4ccccc4)c4cccc(C(=O)OCO)c4)cc3)cc2)c1. The zero-order chi connectivity index (χ0) is 31.0. The summed E-state index contributed by atoms with van der Waals surface area (Å²) in [6.07, 6.45) is 0.861. The van der Waals surface area contributed by atoms with E-state index < -0.39 is 12.8 Å². The first kappa shape index (κ1) is 29.1. The highest BCUT2D eigenvalue weighted by molar-refractivity contribution is 5.92.